The first kappa shape index (κ1) is 11.4. The van der Waals surface area contributed by atoms with Gasteiger partial charge in [-0.2, -0.15) is 0 Å². The van der Waals surface area contributed by atoms with Crippen molar-refractivity contribution in [3.8, 4) is 0 Å². The van der Waals surface area contributed by atoms with E-state index in [1.165, 1.54) is 32.1 Å². The van der Waals surface area contributed by atoms with Gasteiger partial charge in [0.2, 0.25) is 0 Å². The third-order valence-electron chi connectivity index (χ3n) is 2.12. The summed E-state index contributed by atoms with van der Waals surface area (Å²) in [6.45, 7) is 8.88. The fourth-order valence-electron chi connectivity index (χ4n) is 1.42. The van der Waals surface area contributed by atoms with E-state index in [4.69, 9.17) is 0 Å². The maximum Gasteiger partial charge on any atom is 0.0511 e. The Bertz CT molecular complexity index is 134. The zero-order valence-electron chi connectivity index (χ0n) is 8.47. The van der Waals surface area contributed by atoms with Crippen LogP contribution in [0.3, 0.4) is 0 Å². The minimum Gasteiger partial charge on any atom is -0.243 e. The molecule has 0 radical (unpaired) electrons. The Morgan fingerprint density at radius 2 is 2.00 bits per heavy atom. The van der Waals surface area contributed by atoms with Gasteiger partial charge >= 0.3 is 0 Å². The Morgan fingerprint density at radius 3 is 2.50 bits per heavy atom. The maximum absolute atomic E-state index is 4.08. The molecule has 0 bridgehead atoms. The molecular weight excluding hydrogens is 146 g/mol. The molecule has 1 nitrogen and oxygen atoms in total. The second kappa shape index (κ2) is 8.55. The molecule has 0 spiro atoms. The SMILES string of the molecule is C=C=NCC(CCC)CCCC. The van der Waals surface area contributed by atoms with Crippen LogP contribution in [0.25, 0.3) is 0 Å². The van der Waals surface area contributed by atoms with Crippen molar-refractivity contribution in [2.45, 2.75) is 46.0 Å². The van der Waals surface area contributed by atoms with Crippen molar-refractivity contribution in [2.75, 3.05) is 6.54 Å². The lowest BCUT2D eigenvalue weighted by molar-refractivity contribution is 0.440. The first-order valence-corrected chi connectivity index (χ1v) is 5.03. The third kappa shape index (κ3) is 6.18. The summed E-state index contributed by atoms with van der Waals surface area (Å²) in [4.78, 5) is 4.08. The Kier molecular flexibility index (Phi) is 8.15. The Hall–Kier alpha value is -0.550. The molecule has 12 heavy (non-hydrogen) atoms. The maximum atomic E-state index is 4.08. The molecule has 0 aliphatic carbocycles. The molecule has 0 aromatic rings. The van der Waals surface area contributed by atoms with Gasteiger partial charge in [0.1, 0.15) is 0 Å². The van der Waals surface area contributed by atoms with Crippen LogP contribution in [0.1, 0.15) is 46.0 Å². The van der Waals surface area contributed by atoms with E-state index in [-0.39, 0.29) is 0 Å². The summed E-state index contributed by atoms with van der Waals surface area (Å²) in [6.07, 6.45) is 6.50. The van der Waals surface area contributed by atoms with E-state index in [1.807, 2.05) is 0 Å². The van der Waals surface area contributed by atoms with Gasteiger partial charge in [-0.3, -0.25) is 0 Å². The second-order valence-corrected chi connectivity index (χ2v) is 3.30. The molecule has 70 valence electrons. The normalized spacial score (nSPS) is 12.2. The Balaban J connectivity index is 3.60. The molecule has 0 aromatic carbocycles. The molecule has 0 saturated heterocycles. The van der Waals surface area contributed by atoms with Gasteiger partial charge in [0.15, 0.2) is 0 Å². The fourth-order valence-corrected chi connectivity index (χ4v) is 1.42. The Labute approximate surface area is 76.6 Å². The predicted molar refractivity (Wildman–Crippen MR) is 55.9 cm³/mol. The van der Waals surface area contributed by atoms with Crippen molar-refractivity contribution < 1.29 is 0 Å². The molecule has 0 heterocycles. The summed E-state index contributed by atoms with van der Waals surface area (Å²) in [5.74, 6) is 3.38. The lowest BCUT2D eigenvalue weighted by Gasteiger charge is -2.11. The molecule has 1 heteroatoms. The average Bonchev–Trinajstić information content (AvgIpc) is 2.10. The molecule has 0 aliphatic rings. The van der Waals surface area contributed by atoms with Gasteiger partial charge in [-0.25, -0.2) is 4.99 Å². The first-order valence-electron chi connectivity index (χ1n) is 5.03. The minimum atomic E-state index is 0.768. The van der Waals surface area contributed by atoms with Crippen molar-refractivity contribution in [2.24, 2.45) is 10.9 Å². The summed E-state index contributed by atoms with van der Waals surface area (Å²) < 4.78 is 0. The first-order chi connectivity index (χ1) is 5.85. The standard InChI is InChI=1S/C11H21N/c1-4-7-9-11(8-5-2)10-12-6-3/h11H,3-5,7-10H2,1-2H3. The van der Waals surface area contributed by atoms with Crippen molar-refractivity contribution in [3.63, 3.8) is 0 Å². The van der Waals surface area contributed by atoms with Crippen molar-refractivity contribution in [3.05, 3.63) is 6.58 Å². The average molecular weight is 167 g/mol. The number of rotatable bonds is 7. The van der Waals surface area contributed by atoms with E-state index in [1.54, 1.807) is 0 Å². The van der Waals surface area contributed by atoms with Crippen LogP contribution in [0, 0.1) is 5.92 Å². The number of nitrogens with zero attached hydrogens (tertiary/aromatic N) is 1. The molecule has 0 rings (SSSR count). The molecule has 1 atom stereocenters. The van der Waals surface area contributed by atoms with E-state index in [2.05, 4.69) is 31.3 Å². The van der Waals surface area contributed by atoms with Crippen LogP contribution >= 0.6 is 0 Å². The highest BCUT2D eigenvalue weighted by molar-refractivity contribution is 5.46. The van der Waals surface area contributed by atoms with E-state index in [0.717, 1.165) is 12.5 Å². The molecule has 0 aliphatic heterocycles. The van der Waals surface area contributed by atoms with Gasteiger partial charge in [-0.05, 0) is 31.2 Å². The topological polar surface area (TPSA) is 12.4 Å². The number of unbranched alkanes of at least 4 members (excludes halogenated alkanes) is 1. The largest absolute Gasteiger partial charge is 0.243 e. The van der Waals surface area contributed by atoms with Crippen molar-refractivity contribution in [1.82, 2.24) is 0 Å². The number of aliphatic imine (C=N–C) groups is 1. The van der Waals surface area contributed by atoms with Crippen molar-refractivity contribution >= 4 is 5.87 Å². The van der Waals surface area contributed by atoms with Gasteiger partial charge in [0.05, 0.1) is 6.54 Å². The highest BCUT2D eigenvalue weighted by atomic mass is 14.7. The van der Waals surface area contributed by atoms with E-state index in [9.17, 15) is 0 Å². The van der Waals surface area contributed by atoms with Crippen LogP contribution in [0.4, 0.5) is 0 Å². The van der Waals surface area contributed by atoms with Gasteiger partial charge < -0.3 is 0 Å². The van der Waals surface area contributed by atoms with Gasteiger partial charge in [-0.15, -0.1) is 0 Å². The van der Waals surface area contributed by atoms with E-state index >= 15 is 0 Å². The molecule has 0 fully saturated rings. The zero-order valence-corrected chi connectivity index (χ0v) is 8.47. The van der Waals surface area contributed by atoms with Crippen LogP contribution in [0.5, 0.6) is 0 Å². The fraction of sp³-hybridized carbons (Fsp3) is 0.818. The quantitative estimate of drug-likeness (QED) is 0.515. The lowest BCUT2D eigenvalue weighted by atomic mass is 9.97. The minimum absolute atomic E-state index is 0.768. The third-order valence-corrected chi connectivity index (χ3v) is 2.12. The molecule has 0 saturated carbocycles. The van der Waals surface area contributed by atoms with Crippen LogP contribution in [-0.4, -0.2) is 12.4 Å². The summed E-state index contributed by atoms with van der Waals surface area (Å²) >= 11 is 0. The summed E-state index contributed by atoms with van der Waals surface area (Å²) in [6, 6.07) is 0. The summed E-state index contributed by atoms with van der Waals surface area (Å²) in [7, 11) is 0. The van der Waals surface area contributed by atoms with Crippen LogP contribution in [-0.2, 0) is 0 Å². The summed E-state index contributed by atoms with van der Waals surface area (Å²) in [5, 5.41) is 0. The van der Waals surface area contributed by atoms with Gasteiger partial charge in [-0.1, -0.05) is 33.1 Å². The summed E-state index contributed by atoms with van der Waals surface area (Å²) in [5.41, 5.74) is 0. The van der Waals surface area contributed by atoms with Crippen molar-refractivity contribution in [1.29, 1.82) is 0 Å². The molecule has 0 aromatic heterocycles. The Morgan fingerprint density at radius 1 is 1.25 bits per heavy atom. The molecule has 0 amide bonds. The highest BCUT2D eigenvalue weighted by Crippen LogP contribution is 2.14. The van der Waals surface area contributed by atoms with E-state index < -0.39 is 0 Å². The second-order valence-electron chi connectivity index (χ2n) is 3.30. The zero-order chi connectivity index (χ0) is 9.23. The predicted octanol–water partition coefficient (Wildman–Crippen LogP) is 3.45. The van der Waals surface area contributed by atoms with Gasteiger partial charge in [0, 0.05) is 0 Å². The van der Waals surface area contributed by atoms with Crippen LogP contribution in [0.15, 0.2) is 11.6 Å². The monoisotopic (exact) mass is 167 g/mol. The van der Waals surface area contributed by atoms with Crippen LogP contribution < -0.4 is 0 Å². The number of hydrogen-bond donors (Lipinski definition) is 0. The smallest absolute Gasteiger partial charge is 0.0511 e. The number of hydrogen-bond acceptors (Lipinski definition) is 1. The van der Waals surface area contributed by atoms with Gasteiger partial charge in [0.25, 0.3) is 0 Å². The lowest BCUT2D eigenvalue weighted by Crippen LogP contribution is -2.03. The van der Waals surface area contributed by atoms with E-state index in [0.29, 0.717) is 0 Å². The molecular formula is C11H21N. The molecule has 1 unspecified atom stereocenters. The molecule has 0 N–H and O–H groups in total. The highest BCUT2D eigenvalue weighted by Gasteiger charge is 2.04. The van der Waals surface area contributed by atoms with Crippen LogP contribution in [0.2, 0.25) is 0 Å².